The molecule has 1 spiro atoms. The SMILES string of the molecule is c1ccc(C2NCC3(CCCCC3)N2Cc2ccncn2)cc1. The van der Waals surface area contributed by atoms with Crippen molar-refractivity contribution in [1.82, 2.24) is 20.2 Å². The third kappa shape index (κ3) is 2.89. The maximum Gasteiger partial charge on any atom is 0.115 e. The fraction of sp³-hybridized carbons (Fsp3) is 0.474. The molecule has 1 saturated carbocycles. The van der Waals surface area contributed by atoms with Crippen LogP contribution in [0, 0.1) is 0 Å². The third-order valence-electron chi connectivity index (χ3n) is 5.42. The maximum atomic E-state index is 4.47. The average molecular weight is 308 g/mol. The second-order valence-corrected chi connectivity index (χ2v) is 6.81. The van der Waals surface area contributed by atoms with Crippen molar-refractivity contribution < 1.29 is 0 Å². The zero-order chi connectivity index (χ0) is 15.5. The molecule has 1 aromatic heterocycles. The lowest BCUT2D eigenvalue weighted by molar-refractivity contribution is 0.0589. The highest BCUT2D eigenvalue weighted by atomic mass is 15.4. The minimum absolute atomic E-state index is 0.281. The van der Waals surface area contributed by atoms with Crippen molar-refractivity contribution in [2.24, 2.45) is 0 Å². The van der Waals surface area contributed by atoms with Gasteiger partial charge in [0.15, 0.2) is 0 Å². The van der Waals surface area contributed by atoms with E-state index in [4.69, 9.17) is 0 Å². The molecule has 2 aliphatic rings. The van der Waals surface area contributed by atoms with E-state index in [0.29, 0.717) is 0 Å². The molecule has 2 heterocycles. The Bertz CT molecular complexity index is 622. The normalized spacial score (nSPS) is 24.1. The summed E-state index contributed by atoms with van der Waals surface area (Å²) in [6.45, 7) is 1.97. The number of rotatable bonds is 3. The molecular weight excluding hydrogens is 284 g/mol. The van der Waals surface area contributed by atoms with Crippen molar-refractivity contribution in [2.75, 3.05) is 6.54 Å². The summed E-state index contributed by atoms with van der Waals surface area (Å²) in [5.74, 6) is 0. The molecule has 1 saturated heterocycles. The lowest BCUT2D eigenvalue weighted by Gasteiger charge is -2.42. The number of nitrogens with one attached hydrogen (secondary N) is 1. The third-order valence-corrected chi connectivity index (χ3v) is 5.42. The Morgan fingerprint density at radius 3 is 2.65 bits per heavy atom. The number of nitrogens with zero attached hydrogens (tertiary/aromatic N) is 3. The molecule has 1 unspecified atom stereocenters. The molecule has 2 aromatic rings. The van der Waals surface area contributed by atoms with Crippen LogP contribution in [0.25, 0.3) is 0 Å². The highest BCUT2D eigenvalue weighted by Gasteiger charge is 2.46. The summed E-state index contributed by atoms with van der Waals surface area (Å²) in [6.07, 6.45) is 10.4. The summed E-state index contributed by atoms with van der Waals surface area (Å²) in [7, 11) is 0. The first-order valence-electron chi connectivity index (χ1n) is 8.67. The van der Waals surface area contributed by atoms with E-state index in [-0.39, 0.29) is 11.7 Å². The Morgan fingerprint density at radius 2 is 1.91 bits per heavy atom. The van der Waals surface area contributed by atoms with Crippen molar-refractivity contribution in [3.8, 4) is 0 Å². The number of aromatic nitrogens is 2. The smallest absolute Gasteiger partial charge is 0.115 e. The van der Waals surface area contributed by atoms with E-state index in [9.17, 15) is 0 Å². The van der Waals surface area contributed by atoms with Gasteiger partial charge in [0.05, 0.1) is 11.9 Å². The van der Waals surface area contributed by atoms with Gasteiger partial charge in [-0.3, -0.25) is 10.2 Å². The maximum absolute atomic E-state index is 4.47. The molecule has 0 bridgehead atoms. The highest BCUT2D eigenvalue weighted by Crippen LogP contribution is 2.42. The van der Waals surface area contributed by atoms with Crippen LogP contribution in [0.1, 0.15) is 49.5 Å². The number of hydrogen-bond donors (Lipinski definition) is 1. The Hall–Kier alpha value is -1.78. The molecule has 4 heteroatoms. The van der Waals surface area contributed by atoms with Crippen LogP contribution >= 0.6 is 0 Å². The molecule has 23 heavy (non-hydrogen) atoms. The van der Waals surface area contributed by atoms with Crippen LogP contribution in [0.3, 0.4) is 0 Å². The lowest BCUT2D eigenvalue weighted by atomic mass is 9.81. The summed E-state index contributed by atoms with van der Waals surface area (Å²) >= 11 is 0. The predicted molar refractivity (Wildman–Crippen MR) is 90.6 cm³/mol. The molecule has 1 aliphatic heterocycles. The second-order valence-electron chi connectivity index (χ2n) is 6.81. The Balaban J connectivity index is 1.66. The predicted octanol–water partition coefficient (Wildman–Crippen LogP) is 3.28. The standard InChI is InChI=1S/C19H24N4/c1-3-7-16(8-4-1)18-21-14-19(10-5-2-6-11-19)23(18)13-17-9-12-20-15-22-17/h1,3-4,7-9,12,15,18,21H,2,5-6,10-11,13-14H2. The largest absolute Gasteiger partial charge is 0.296 e. The molecule has 4 nitrogen and oxygen atoms in total. The van der Waals surface area contributed by atoms with E-state index in [1.54, 1.807) is 6.33 Å². The first kappa shape index (κ1) is 14.8. The fourth-order valence-electron chi connectivity index (χ4n) is 4.22. The summed E-state index contributed by atoms with van der Waals surface area (Å²) in [6, 6.07) is 12.8. The minimum atomic E-state index is 0.281. The van der Waals surface area contributed by atoms with Gasteiger partial charge in [0.25, 0.3) is 0 Å². The minimum Gasteiger partial charge on any atom is -0.296 e. The van der Waals surface area contributed by atoms with E-state index in [0.717, 1.165) is 18.8 Å². The summed E-state index contributed by atoms with van der Waals surface area (Å²) < 4.78 is 0. The van der Waals surface area contributed by atoms with Gasteiger partial charge < -0.3 is 0 Å². The van der Waals surface area contributed by atoms with E-state index < -0.39 is 0 Å². The molecule has 0 radical (unpaired) electrons. The molecule has 1 aromatic carbocycles. The average Bonchev–Trinajstić information content (AvgIpc) is 2.95. The molecule has 120 valence electrons. The molecule has 1 aliphatic carbocycles. The summed E-state index contributed by atoms with van der Waals surface area (Å²) in [5.41, 5.74) is 2.74. The van der Waals surface area contributed by atoms with Crippen LogP contribution in [0.5, 0.6) is 0 Å². The van der Waals surface area contributed by atoms with E-state index >= 15 is 0 Å². The Kier molecular flexibility index (Phi) is 4.10. The van der Waals surface area contributed by atoms with Gasteiger partial charge in [-0.05, 0) is 24.5 Å². The van der Waals surface area contributed by atoms with Gasteiger partial charge in [-0.25, -0.2) is 9.97 Å². The second kappa shape index (κ2) is 6.38. The Morgan fingerprint density at radius 1 is 1.09 bits per heavy atom. The lowest BCUT2D eigenvalue weighted by Crippen LogP contribution is -2.47. The van der Waals surface area contributed by atoms with Gasteiger partial charge in [-0.2, -0.15) is 0 Å². The quantitative estimate of drug-likeness (QED) is 0.945. The molecular formula is C19H24N4. The molecule has 2 fully saturated rings. The molecule has 4 rings (SSSR count). The summed E-state index contributed by atoms with van der Waals surface area (Å²) in [5, 5.41) is 3.79. The zero-order valence-electron chi connectivity index (χ0n) is 13.5. The van der Waals surface area contributed by atoms with Crippen LogP contribution in [-0.4, -0.2) is 27.0 Å². The van der Waals surface area contributed by atoms with Gasteiger partial charge in [0, 0.05) is 24.8 Å². The number of hydrogen-bond acceptors (Lipinski definition) is 4. The van der Waals surface area contributed by atoms with Gasteiger partial charge in [0.1, 0.15) is 6.33 Å². The molecule has 1 N–H and O–H groups in total. The summed E-state index contributed by atoms with van der Waals surface area (Å²) in [4.78, 5) is 11.2. The van der Waals surface area contributed by atoms with Crippen LogP contribution in [-0.2, 0) is 6.54 Å². The van der Waals surface area contributed by atoms with Crippen molar-refractivity contribution in [2.45, 2.75) is 50.4 Å². The van der Waals surface area contributed by atoms with Gasteiger partial charge in [0.2, 0.25) is 0 Å². The first-order chi connectivity index (χ1) is 11.4. The van der Waals surface area contributed by atoms with Crippen molar-refractivity contribution in [1.29, 1.82) is 0 Å². The van der Waals surface area contributed by atoms with Crippen LogP contribution in [0.4, 0.5) is 0 Å². The monoisotopic (exact) mass is 308 g/mol. The van der Waals surface area contributed by atoms with E-state index in [2.05, 4.69) is 50.5 Å². The first-order valence-corrected chi connectivity index (χ1v) is 8.67. The zero-order valence-corrected chi connectivity index (χ0v) is 13.5. The van der Waals surface area contributed by atoms with Crippen LogP contribution < -0.4 is 5.32 Å². The van der Waals surface area contributed by atoms with Gasteiger partial charge in [-0.15, -0.1) is 0 Å². The highest BCUT2D eigenvalue weighted by molar-refractivity contribution is 5.22. The number of benzene rings is 1. The topological polar surface area (TPSA) is 41.0 Å². The molecule has 1 atom stereocenters. The van der Waals surface area contributed by atoms with Crippen molar-refractivity contribution >= 4 is 0 Å². The van der Waals surface area contributed by atoms with E-state index in [1.165, 1.54) is 37.7 Å². The van der Waals surface area contributed by atoms with Crippen LogP contribution in [0.15, 0.2) is 48.9 Å². The van der Waals surface area contributed by atoms with Gasteiger partial charge >= 0.3 is 0 Å². The van der Waals surface area contributed by atoms with Gasteiger partial charge in [-0.1, -0.05) is 49.6 Å². The van der Waals surface area contributed by atoms with E-state index in [1.807, 2.05) is 12.3 Å². The fourth-order valence-corrected chi connectivity index (χ4v) is 4.22. The Labute approximate surface area is 138 Å². The van der Waals surface area contributed by atoms with Crippen LogP contribution in [0.2, 0.25) is 0 Å². The van der Waals surface area contributed by atoms with Crippen molar-refractivity contribution in [3.63, 3.8) is 0 Å². The molecule has 0 amide bonds. The van der Waals surface area contributed by atoms with Crippen molar-refractivity contribution in [3.05, 3.63) is 60.2 Å².